The van der Waals surface area contributed by atoms with Crippen LogP contribution in [0.3, 0.4) is 0 Å². The van der Waals surface area contributed by atoms with E-state index in [2.05, 4.69) is 16.0 Å². The molecule has 2 unspecified atom stereocenters. The Morgan fingerprint density at radius 3 is 2.58 bits per heavy atom. The Morgan fingerprint density at radius 1 is 1.12 bits per heavy atom. The van der Waals surface area contributed by atoms with E-state index in [9.17, 15) is 10.2 Å². The van der Waals surface area contributed by atoms with Gasteiger partial charge in [-0.2, -0.15) is 0 Å². The van der Waals surface area contributed by atoms with E-state index in [0.29, 0.717) is 30.2 Å². The summed E-state index contributed by atoms with van der Waals surface area (Å²) in [6.45, 7) is 4.11. The van der Waals surface area contributed by atoms with Crippen molar-refractivity contribution in [1.82, 2.24) is 15.0 Å². The number of fused-ring (bicyclic) bond motifs is 4. The molecule has 0 spiro atoms. The van der Waals surface area contributed by atoms with Gasteiger partial charge in [0.25, 0.3) is 0 Å². The summed E-state index contributed by atoms with van der Waals surface area (Å²) in [6.07, 6.45) is 4.75. The van der Waals surface area contributed by atoms with Gasteiger partial charge in [0, 0.05) is 18.8 Å². The molecule has 0 radical (unpaired) electrons. The minimum Gasteiger partial charge on any atom is -0.432 e. The fraction of sp³-hybridized carbons (Fsp3) is 0.526. The van der Waals surface area contributed by atoms with Crippen LogP contribution in [0.1, 0.15) is 37.9 Å². The topological polar surface area (TPSA) is 95.5 Å². The molecule has 3 aromatic rings. The summed E-state index contributed by atoms with van der Waals surface area (Å²) in [6, 6.07) is 2.15. The highest BCUT2D eigenvalue weighted by atomic mass is 16.3. The molecule has 1 aliphatic carbocycles. The van der Waals surface area contributed by atoms with Crippen LogP contribution < -0.4 is 4.90 Å². The van der Waals surface area contributed by atoms with Gasteiger partial charge in [0.15, 0.2) is 11.4 Å². The van der Waals surface area contributed by atoms with E-state index in [4.69, 9.17) is 9.40 Å². The monoisotopic (exact) mass is 356 g/mol. The molecule has 0 aromatic carbocycles. The number of aryl methyl sites for hydroxylation is 2. The number of aliphatic hydroxyl groups excluding tert-OH is 2. The second-order valence-corrected chi connectivity index (χ2v) is 7.23. The predicted octanol–water partition coefficient (Wildman–Crippen LogP) is 2.22. The third-order valence-electron chi connectivity index (χ3n) is 4.77. The fourth-order valence-electron chi connectivity index (χ4n) is 3.72. The molecule has 7 heteroatoms. The number of furan rings is 1. The summed E-state index contributed by atoms with van der Waals surface area (Å²) in [5.74, 6) is 0.577. The lowest BCUT2D eigenvalue weighted by molar-refractivity contribution is 0.178. The molecule has 138 valence electrons. The van der Waals surface area contributed by atoms with Gasteiger partial charge in [0.1, 0.15) is 11.8 Å². The molecule has 2 N–H and O–H groups in total. The molecule has 26 heavy (non-hydrogen) atoms. The van der Waals surface area contributed by atoms with Crippen LogP contribution in [0, 0.1) is 0 Å². The molecule has 3 heterocycles. The van der Waals surface area contributed by atoms with Crippen molar-refractivity contribution in [3.05, 3.63) is 23.7 Å². The molecule has 0 fully saturated rings. The van der Waals surface area contributed by atoms with E-state index in [1.165, 1.54) is 18.3 Å². The minimum absolute atomic E-state index is 0.345. The summed E-state index contributed by atoms with van der Waals surface area (Å²) in [7, 11) is 0. The Bertz CT molecular complexity index is 925. The number of rotatable bonds is 5. The highest BCUT2D eigenvalue weighted by molar-refractivity contribution is 6.04. The van der Waals surface area contributed by atoms with Gasteiger partial charge in [0.2, 0.25) is 5.71 Å². The third kappa shape index (κ3) is 3.12. The summed E-state index contributed by atoms with van der Waals surface area (Å²) >= 11 is 0. The first-order valence-electron chi connectivity index (χ1n) is 9.20. The highest BCUT2D eigenvalue weighted by Gasteiger charge is 2.22. The Kier molecular flexibility index (Phi) is 4.50. The average molecular weight is 356 g/mol. The maximum absolute atomic E-state index is 9.84. The highest BCUT2D eigenvalue weighted by Crippen LogP contribution is 2.34. The Morgan fingerprint density at radius 2 is 1.85 bits per heavy atom. The number of hydrogen-bond donors (Lipinski definition) is 2. The maximum Gasteiger partial charge on any atom is 0.229 e. The Labute approximate surface area is 151 Å². The molecule has 0 saturated heterocycles. The van der Waals surface area contributed by atoms with Gasteiger partial charge >= 0.3 is 0 Å². The molecule has 0 aliphatic heterocycles. The zero-order valence-corrected chi connectivity index (χ0v) is 15.1. The van der Waals surface area contributed by atoms with Crippen molar-refractivity contribution in [2.45, 2.75) is 51.7 Å². The van der Waals surface area contributed by atoms with Gasteiger partial charge in [0.05, 0.1) is 17.6 Å². The molecule has 0 bridgehead atoms. The first-order valence-corrected chi connectivity index (χ1v) is 9.20. The third-order valence-corrected chi connectivity index (χ3v) is 4.77. The van der Waals surface area contributed by atoms with Crippen LogP contribution in [0.15, 0.2) is 16.8 Å². The van der Waals surface area contributed by atoms with Crippen molar-refractivity contribution in [3.8, 4) is 0 Å². The molecule has 7 nitrogen and oxygen atoms in total. The molecule has 3 aromatic heterocycles. The van der Waals surface area contributed by atoms with Crippen LogP contribution in [0.2, 0.25) is 0 Å². The lowest BCUT2D eigenvalue weighted by Crippen LogP contribution is -2.37. The molecule has 2 atom stereocenters. The second kappa shape index (κ2) is 6.81. The largest absolute Gasteiger partial charge is 0.432 e. The number of aliphatic hydroxyl groups is 2. The predicted molar refractivity (Wildman–Crippen MR) is 99.3 cm³/mol. The van der Waals surface area contributed by atoms with E-state index in [0.717, 1.165) is 35.9 Å². The van der Waals surface area contributed by atoms with Crippen LogP contribution in [0.4, 0.5) is 5.82 Å². The van der Waals surface area contributed by atoms with E-state index in [1.54, 1.807) is 13.8 Å². The smallest absolute Gasteiger partial charge is 0.229 e. The van der Waals surface area contributed by atoms with Gasteiger partial charge in [-0.05, 0) is 51.2 Å². The fourth-order valence-corrected chi connectivity index (χ4v) is 3.72. The second-order valence-electron chi connectivity index (χ2n) is 7.23. The van der Waals surface area contributed by atoms with Gasteiger partial charge in [-0.1, -0.05) is 0 Å². The van der Waals surface area contributed by atoms with Crippen molar-refractivity contribution >= 4 is 28.0 Å². The van der Waals surface area contributed by atoms with Gasteiger partial charge in [-0.15, -0.1) is 0 Å². The van der Waals surface area contributed by atoms with E-state index in [1.807, 2.05) is 4.90 Å². The zero-order chi connectivity index (χ0) is 18.3. The summed E-state index contributed by atoms with van der Waals surface area (Å²) in [4.78, 5) is 15.4. The van der Waals surface area contributed by atoms with E-state index >= 15 is 0 Å². The van der Waals surface area contributed by atoms with Crippen molar-refractivity contribution in [2.75, 3.05) is 18.0 Å². The number of anilines is 1. The number of nitrogens with zero attached hydrogens (tertiary/aromatic N) is 4. The first kappa shape index (κ1) is 17.2. The van der Waals surface area contributed by atoms with Gasteiger partial charge < -0.3 is 19.5 Å². The molecule has 0 amide bonds. The van der Waals surface area contributed by atoms with Crippen LogP contribution in [-0.2, 0) is 12.8 Å². The summed E-state index contributed by atoms with van der Waals surface area (Å²) in [5, 5.41) is 20.6. The SMILES string of the molecule is CC(O)CN(CC(C)O)c1ncnc2c1oc1nc3c(cc12)CCCC3. The first-order chi connectivity index (χ1) is 12.5. The maximum atomic E-state index is 9.84. The zero-order valence-electron chi connectivity index (χ0n) is 15.1. The average Bonchev–Trinajstić information content (AvgIpc) is 2.96. The van der Waals surface area contributed by atoms with E-state index in [-0.39, 0.29) is 0 Å². The molecule has 4 rings (SSSR count). The Hall–Kier alpha value is -2.25. The van der Waals surface area contributed by atoms with Crippen molar-refractivity contribution < 1.29 is 14.6 Å². The van der Waals surface area contributed by atoms with Crippen LogP contribution in [0.25, 0.3) is 22.2 Å². The lowest BCUT2D eigenvalue weighted by atomic mass is 9.95. The summed E-state index contributed by atoms with van der Waals surface area (Å²) < 4.78 is 6.05. The summed E-state index contributed by atoms with van der Waals surface area (Å²) in [5.41, 5.74) is 4.25. The normalized spacial score (nSPS) is 16.6. The van der Waals surface area contributed by atoms with Crippen molar-refractivity contribution in [2.24, 2.45) is 0 Å². The Balaban J connectivity index is 1.87. The minimum atomic E-state index is -0.561. The standard InChI is InChI=1S/C19H24N4O3/c1-11(24)8-23(9-12(2)25)18-17-16(20-10-21-18)14-7-13-5-3-4-6-15(13)22-19(14)26-17/h7,10-12,24-25H,3-6,8-9H2,1-2H3. The number of aromatic nitrogens is 3. The van der Waals surface area contributed by atoms with Crippen LogP contribution in [0.5, 0.6) is 0 Å². The quantitative estimate of drug-likeness (QED) is 0.723. The molecular formula is C19H24N4O3. The number of hydrogen-bond acceptors (Lipinski definition) is 7. The van der Waals surface area contributed by atoms with E-state index < -0.39 is 12.2 Å². The number of pyridine rings is 1. The van der Waals surface area contributed by atoms with Crippen LogP contribution >= 0.6 is 0 Å². The van der Waals surface area contributed by atoms with Gasteiger partial charge in [-0.3, -0.25) is 0 Å². The van der Waals surface area contributed by atoms with Crippen molar-refractivity contribution in [3.63, 3.8) is 0 Å². The van der Waals surface area contributed by atoms with Gasteiger partial charge in [-0.25, -0.2) is 15.0 Å². The van der Waals surface area contributed by atoms with Crippen LogP contribution in [-0.4, -0.2) is 50.5 Å². The molecule has 1 aliphatic rings. The van der Waals surface area contributed by atoms with Crippen molar-refractivity contribution in [1.29, 1.82) is 0 Å². The molecule has 0 saturated carbocycles. The molecular weight excluding hydrogens is 332 g/mol. The lowest BCUT2D eigenvalue weighted by Gasteiger charge is -2.26.